The SMILES string of the molecule is CCOC(=O)c1sc(NC(=O)c2cc3nc(C)cc(C(F)(F)C(F)(F)F)n3n2)c(C(=O)OC(C)C)c1C. The maximum absolute atomic E-state index is 14.2. The van der Waals surface area contributed by atoms with Gasteiger partial charge in [-0.15, -0.1) is 11.3 Å². The lowest BCUT2D eigenvalue weighted by Crippen LogP contribution is -2.36. The summed E-state index contributed by atoms with van der Waals surface area (Å²) in [5.41, 5.74) is -2.66. The van der Waals surface area contributed by atoms with Crippen molar-refractivity contribution in [2.75, 3.05) is 11.9 Å². The number of alkyl halides is 5. The molecule has 37 heavy (non-hydrogen) atoms. The third-order valence-corrected chi connectivity index (χ3v) is 6.03. The zero-order chi connectivity index (χ0) is 27.9. The van der Waals surface area contributed by atoms with Crippen molar-refractivity contribution in [3.63, 3.8) is 0 Å². The summed E-state index contributed by atoms with van der Waals surface area (Å²) in [4.78, 5) is 41.9. The minimum absolute atomic E-state index is 0.00672. The van der Waals surface area contributed by atoms with Gasteiger partial charge in [-0.05, 0) is 46.2 Å². The maximum Gasteiger partial charge on any atom is 0.459 e. The minimum atomic E-state index is -5.92. The Hall–Kier alpha value is -3.62. The van der Waals surface area contributed by atoms with E-state index in [4.69, 9.17) is 9.47 Å². The molecule has 3 aromatic rings. The van der Waals surface area contributed by atoms with Gasteiger partial charge in [0.1, 0.15) is 15.6 Å². The number of thiophene rings is 1. The monoisotopic (exact) mass is 548 g/mol. The number of esters is 2. The van der Waals surface area contributed by atoms with E-state index in [-0.39, 0.29) is 37.8 Å². The summed E-state index contributed by atoms with van der Waals surface area (Å²) in [5.74, 6) is -7.95. The van der Waals surface area contributed by atoms with Gasteiger partial charge in [0.25, 0.3) is 5.91 Å². The highest BCUT2D eigenvalue weighted by Crippen LogP contribution is 2.44. The van der Waals surface area contributed by atoms with Gasteiger partial charge in [0.05, 0.1) is 18.3 Å². The highest BCUT2D eigenvalue weighted by molar-refractivity contribution is 7.18. The van der Waals surface area contributed by atoms with E-state index in [2.05, 4.69) is 15.4 Å². The number of rotatable bonds is 7. The van der Waals surface area contributed by atoms with Gasteiger partial charge >= 0.3 is 24.0 Å². The van der Waals surface area contributed by atoms with Crippen molar-refractivity contribution in [1.29, 1.82) is 0 Å². The van der Waals surface area contributed by atoms with Crippen LogP contribution < -0.4 is 5.32 Å². The molecule has 0 aromatic carbocycles. The molecule has 0 spiro atoms. The Morgan fingerprint density at radius 3 is 2.32 bits per heavy atom. The zero-order valence-electron chi connectivity index (χ0n) is 20.1. The molecule has 0 aliphatic carbocycles. The molecule has 0 unspecified atom stereocenters. The number of nitrogens with zero attached hydrogens (tertiary/aromatic N) is 3. The van der Waals surface area contributed by atoms with Crippen molar-refractivity contribution >= 4 is 39.8 Å². The highest BCUT2D eigenvalue weighted by Gasteiger charge is 2.60. The number of carbonyl (C=O) groups excluding carboxylic acids is 3. The molecule has 3 heterocycles. The first-order valence-corrected chi connectivity index (χ1v) is 11.5. The van der Waals surface area contributed by atoms with Gasteiger partial charge in [0.15, 0.2) is 11.3 Å². The second kappa shape index (κ2) is 10.0. The third-order valence-electron chi connectivity index (χ3n) is 4.85. The van der Waals surface area contributed by atoms with Crippen LogP contribution in [0.5, 0.6) is 0 Å². The van der Waals surface area contributed by atoms with E-state index < -0.39 is 53.1 Å². The number of halogens is 5. The first-order valence-electron chi connectivity index (χ1n) is 10.7. The van der Waals surface area contributed by atoms with Gasteiger partial charge in [-0.25, -0.2) is 19.1 Å². The molecule has 1 amide bonds. The summed E-state index contributed by atoms with van der Waals surface area (Å²) in [5, 5.41) is 5.84. The van der Waals surface area contributed by atoms with Gasteiger partial charge < -0.3 is 14.8 Å². The predicted molar refractivity (Wildman–Crippen MR) is 121 cm³/mol. The fraction of sp³-hybridized carbons (Fsp3) is 0.409. The lowest BCUT2D eigenvalue weighted by molar-refractivity contribution is -0.291. The quantitative estimate of drug-likeness (QED) is 0.325. The van der Waals surface area contributed by atoms with E-state index in [1.807, 2.05) is 0 Å². The van der Waals surface area contributed by atoms with Gasteiger partial charge in [0.2, 0.25) is 0 Å². The van der Waals surface area contributed by atoms with Gasteiger partial charge in [-0.1, -0.05) is 0 Å². The second-order valence-corrected chi connectivity index (χ2v) is 9.06. The van der Waals surface area contributed by atoms with Gasteiger partial charge in [-0.3, -0.25) is 4.79 Å². The van der Waals surface area contributed by atoms with E-state index in [9.17, 15) is 36.3 Å². The Balaban J connectivity index is 2.07. The number of hydrogen-bond donors (Lipinski definition) is 1. The average Bonchev–Trinajstić information content (AvgIpc) is 3.32. The molecule has 3 rings (SSSR count). The number of carbonyl (C=O) groups is 3. The molecule has 0 radical (unpaired) electrons. The van der Waals surface area contributed by atoms with Crippen LogP contribution in [0.1, 0.15) is 68.2 Å². The van der Waals surface area contributed by atoms with E-state index in [0.717, 1.165) is 6.07 Å². The average molecular weight is 548 g/mol. The van der Waals surface area contributed by atoms with Gasteiger partial charge in [0, 0.05) is 11.8 Å². The number of ether oxygens (including phenoxy) is 2. The molecule has 15 heteroatoms. The Bertz CT molecular complexity index is 1380. The van der Waals surface area contributed by atoms with Crippen LogP contribution in [0.3, 0.4) is 0 Å². The summed E-state index contributed by atoms with van der Waals surface area (Å²) >= 11 is 0.706. The number of aryl methyl sites for hydroxylation is 1. The second-order valence-electron chi connectivity index (χ2n) is 8.04. The van der Waals surface area contributed by atoms with Crippen molar-refractivity contribution < 1.29 is 45.8 Å². The lowest BCUT2D eigenvalue weighted by atomic mass is 10.1. The van der Waals surface area contributed by atoms with Crippen molar-refractivity contribution in [2.45, 2.75) is 52.8 Å². The zero-order valence-corrected chi connectivity index (χ0v) is 20.9. The minimum Gasteiger partial charge on any atom is -0.462 e. The number of amides is 1. The van der Waals surface area contributed by atoms with Crippen molar-refractivity contribution in [3.8, 4) is 0 Å². The van der Waals surface area contributed by atoms with Crippen LogP contribution in [-0.2, 0) is 15.4 Å². The van der Waals surface area contributed by atoms with Crippen molar-refractivity contribution in [2.24, 2.45) is 0 Å². The Kier molecular flexibility index (Phi) is 7.58. The fourth-order valence-electron chi connectivity index (χ4n) is 3.26. The first-order chi connectivity index (χ1) is 17.1. The smallest absolute Gasteiger partial charge is 0.459 e. The van der Waals surface area contributed by atoms with Crippen LogP contribution in [-0.4, -0.2) is 51.3 Å². The molecular weight excluding hydrogens is 527 g/mol. The molecule has 9 nitrogen and oxygen atoms in total. The molecule has 0 fully saturated rings. The number of nitrogens with one attached hydrogen (secondary N) is 1. The van der Waals surface area contributed by atoms with E-state index in [0.29, 0.717) is 17.4 Å². The summed E-state index contributed by atoms with van der Waals surface area (Å²) in [6.45, 7) is 7.45. The molecule has 0 bridgehead atoms. The van der Waals surface area contributed by atoms with Crippen LogP contribution in [0, 0.1) is 13.8 Å². The molecule has 0 aliphatic heterocycles. The van der Waals surface area contributed by atoms with Crippen LogP contribution in [0.4, 0.5) is 27.0 Å². The standard InChI is InChI=1S/C22H21F5N4O5S/c1-6-35-20(34)16-11(5)15(19(33)36-9(2)3)18(37-16)29-17(32)12-8-14-28-10(4)7-13(31(14)30-12)21(23,24)22(25,26)27/h7-9H,6H2,1-5H3,(H,29,32). The Morgan fingerprint density at radius 2 is 1.76 bits per heavy atom. The number of fused-ring (bicyclic) bond motifs is 1. The Morgan fingerprint density at radius 1 is 1.11 bits per heavy atom. The predicted octanol–water partition coefficient (Wildman–Crippen LogP) is 5.06. The lowest BCUT2D eigenvalue weighted by Gasteiger charge is -2.20. The summed E-state index contributed by atoms with van der Waals surface area (Å²) in [7, 11) is 0. The van der Waals surface area contributed by atoms with Crippen molar-refractivity contribution in [3.05, 3.63) is 45.2 Å². The molecule has 3 aromatic heterocycles. The molecule has 200 valence electrons. The fourth-order valence-corrected chi connectivity index (χ4v) is 4.34. The van der Waals surface area contributed by atoms with Crippen LogP contribution in [0.2, 0.25) is 0 Å². The molecule has 1 N–H and O–H groups in total. The number of aromatic nitrogens is 3. The largest absolute Gasteiger partial charge is 0.462 e. The number of hydrogen-bond acceptors (Lipinski definition) is 8. The normalized spacial score (nSPS) is 12.2. The Labute approximate surface area is 210 Å². The summed E-state index contributed by atoms with van der Waals surface area (Å²) < 4.78 is 77.8. The van der Waals surface area contributed by atoms with Crippen molar-refractivity contribution in [1.82, 2.24) is 14.6 Å². The molecule has 0 aliphatic rings. The van der Waals surface area contributed by atoms with Crippen LogP contribution in [0.25, 0.3) is 5.65 Å². The highest BCUT2D eigenvalue weighted by atomic mass is 32.1. The molecule has 0 atom stereocenters. The molecule has 0 saturated carbocycles. The van der Waals surface area contributed by atoms with Gasteiger partial charge in [-0.2, -0.15) is 27.1 Å². The van der Waals surface area contributed by atoms with E-state index >= 15 is 0 Å². The number of anilines is 1. The topological polar surface area (TPSA) is 112 Å². The van der Waals surface area contributed by atoms with E-state index in [1.54, 1.807) is 20.8 Å². The maximum atomic E-state index is 14.2. The summed E-state index contributed by atoms with van der Waals surface area (Å²) in [6.07, 6.45) is -6.46. The molecule has 0 saturated heterocycles. The third kappa shape index (κ3) is 5.40. The first kappa shape index (κ1) is 28.0. The molecular formula is C22H21F5N4O5S. The van der Waals surface area contributed by atoms with Crippen LogP contribution >= 0.6 is 11.3 Å². The van der Waals surface area contributed by atoms with Crippen LogP contribution in [0.15, 0.2) is 12.1 Å². The summed E-state index contributed by atoms with van der Waals surface area (Å²) in [6, 6.07) is 1.43. The van der Waals surface area contributed by atoms with E-state index in [1.165, 1.54) is 13.8 Å².